The minimum atomic E-state index is -4.76. The van der Waals surface area contributed by atoms with E-state index in [1.807, 2.05) is 20.8 Å². The number of hydrogen-bond acceptors (Lipinski definition) is 5. The Labute approximate surface area is 113 Å². The molecule has 0 aromatic rings. The Morgan fingerprint density at radius 1 is 1.00 bits per heavy atom. The summed E-state index contributed by atoms with van der Waals surface area (Å²) in [7, 11) is -8.77. The third kappa shape index (κ3) is 2.16. The van der Waals surface area contributed by atoms with Crippen LogP contribution in [-0.2, 0) is 23.5 Å². The fourth-order valence-electron chi connectivity index (χ4n) is 3.34. The first-order valence-electron chi connectivity index (χ1n) is 6.40. The van der Waals surface area contributed by atoms with E-state index in [2.05, 4.69) is 14.4 Å². The van der Waals surface area contributed by atoms with Crippen LogP contribution in [0, 0.1) is 5.41 Å². The topological polar surface area (TPSA) is 102 Å². The minimum Gasteiger partial charge on any atom is -0.324 e. The molecule has 1 fully saturated rings. The zero-order chi connectivity index (χ0) is 14.9. The van der Waals surface area contributed by atoms with E-state index in [0.29, 0.717) is 19.3 Å². The van der Waals surface area contributed by atoms with Crippen LogP contribution < -0.4 is 0 Å². The van der Waals surface area contributed by atoms with Crippen LogP contribution in [0.4, 0.5) is 0 Å². The molecule has 0 bridgehead atoms. The predicted molar refractivity (Wildman–Crippen MR) is 69.2 cm³/mol. The number of rotatable bonds is 7. The normalized spacial score (nSPS) is 22.6. The highest BCUT2D eigenvalue weighted by Gasteiger charge is 2.74. The lowest BCUT2D eigenvalue weighted by Gasteiger charge is -2.51. The monoisotopic (exact) mass is 316 g/mol. The van der Waals surface area contributed by atoms with Gasteiger partial charge in [-0.1, -0.05) is 32.7 Å². The van der Waals surface area contributed by atoms with E-state index in [4.69, 9.17) is 0 Å². The SMILES string of the molecule is CCC(CC)(CC)C(CC)(P(=O)(O)O)P1(=O)OOO1. The Balaban J connectivity index is 3.59. The molecule has 2 N–H and O–H groups in total. The third-order valence-corrected chi connectivity index (χ3v) is 10.0. The van der Waals surface area contributed by atoms with Gasteiger partial charge in [-0.3, -0.25) is 9.13 Å². The van der Waals surface area contributed by atoms with Crippen LogP contribution in [0.25, 0.3) is 0 Å². The lowest BCUT2D eigenvalue weighted by atomic mass is 9.75. The van der Waals surface area contributed by atoms with Crippen molar-refractivity contribution in [1.82, 2.24) is 0 Å². The zero-order valence-corrected chi connectivity index (χ0v) is 13.4. The summed E-state index contributed by atoms with van der Waals surface area (Å²) >= 11 is 0. The fourth-order valence-corrected chi connectivity index (χ4v) is 8.18. The zero-order valence-electron chi connectivity index (χ0n) is 11.7. The Morgan fingerprint density at radius 2 is 1.42 bits per heavy atom. The van der Waals surface area contributed by atoms with Gasteiger partial charge in [0.15, 0.2) is 4.90 Å². The number of hydrogen-bond donors (Lipinski definition) is 2. The van der Waals surface area contributed by atoms with E-state index in [1.54, 1.807) is 6.92 Å². The lowest BCUT2D eigenvalue weighted by Crippen LogP contribution is -2.49. The molecule has 1 saturated heterocycles. The van der Waals surface area contributed by atoms with Crippen molar-refractivity contribution in [2.75, 3.05) is 0 Å². The molecule has 1 aliphatic rings. The van der Waals surface area contributed by atoms with Crippen LogP contribution in [0.5, 0.6) is 0 Å². The molecular formula is C10H22O7P2. The van der Waals surface area contributed by atoms with Crippen LogP contribution in [0.3, 0.4) is 0 Å². The van der Waals surface area contributed by atoms with E-state index < -0.39 is 25.5 Å². The first-order chi connectivity index (χ1) is 8.70. The molecule has 1 rings (SSSR count). The quantitative estimate of drug-likeness (QED) is 0.546. The van der Waals surface area contributed by atoms with Crippen LogP contribution in [0.1, 0.15) is 53.4 Å². The van der Waals surface area contributed by atoms with Gasteiger partial charge in [0, 0.05) is 0 Å². The summed E-state index contributed by atoms with van der Waals surface area (Å²) < 4.78 is 33.9. The van der Waals surface area contributed by atoms with Gasteiger partial charge in [-0.15, -0.1) is 9.35 Å². The van der Waals surface area contributed by atoms with Crippen LogP contribution >= 0.6 is 15.2 Å². The van der Waals surface area contributed by atoms with Crippen molar-refractivity contribution in [3.05, 3.63) is 0 Å². The summed E-state index contributed by atoms with van der Waals surface area (Å²) in [6.45, 7) is 7.04. The van der Waals surface area contributed by atoms with Crippen molar-refractivity contribution in [3.8, 4) is 0 Å². The molecule has 0 saturated carbocycles. The second-order valence-electron chi connectivity index (χ2n) is 4.77. The van der Waals surface area contributed by atoms with Gasteiger partial charge in [-0.05, 0) is 31.1 Å². The molecule has 0 amide bonds. The highest BCUT2D eigenvalue weighted by molar-refractivity contribution is 7.73. The molecule has 1 unspecified atom stereocenters. The van der Waals surface area contributed by atoms with Crippen molar-refractivity contribution in [2.24, 2.45) is 5.41 Å². The van der Waals surface area contributed by atoms with Crippen molar-refractivity contribution in [2.45, 2.75) is 58.3 Å². The van der Waals surface area contributed by atoms with Crippen molar-refractivity contribution >= 4 is 15.2 Å². The lowest BCUT2D eigenvalue weighted by molar-refractivity contribution is -0.490. The van der Waals surface area contributed by atoms with Crippen LogP contribution in [-0.4, -0.2) is 14.7 Å². The first-order valence-corrected chi connectivity index (χ1v) is 9.56. The van der Waals surface area contributed by atoms with Gasteiger partial charge < -0.3 is 9.79 Å². The Morgan fingerprint density at radius 3 is 1.58 bits per heavy atom. The van der Waals surface area contributed by atoms with E-state index in [9.17, 15) is 18.9 Å². The second-order valence-corrected chi connectivity index (χ2v) is 9.03. The molecule has 114 valence electrons. The molecule has 19 heavy (non-hydrogen) atoms. The smallest absolute Gasteiger partial charge is 0.324 e. The minimum absolute atomic E-state index is 0.0204. The summed E-state index contributed by atoms with van der Waals surface area (Å²) in [4.78, 5) is 17.9. The summed E-state index contributed by atoms with van der Waals surface area (Å²) in [5, 5.41) is 4.06. The maximum absolute atomic E-state index is 12.6. The average Bonchev–Trinajstić information content (AvgIpc) is 2.32. The predicted octanol–water partition coefficient (Wildman–Crippen LogP) is 3.57. The van der Waals surface area contributed by atoms with E-state index in [-0.39, 0.29) is 6.42 Å². The Hall–Kier alpha value is 0.260. The van der Waals surface area contributed by atoms with Crippen LogP contribution in [0.15, 0.2) is 0 Å². The molecule has 1 heterocycles. The maximum atomic E-state index is 12.6. The molecular weight excluding hydrogens is 294 g/mol. The Kier molecular flexibility index (Phi) is 5.07. The summed E-state index contributed by atoms with van der Waals surface area (Å²) in [6.07, 6.45) is 1.34. The summed E-state index contributed by atoms with van der Waals surface area (Å²) in [5.41, 5.74) is -0.847. The Bertz CT molecular complexity index is 398. The van der Waals surface area contributed by atoms with Gasteiger partial charge in [-0.2, -0.15) is 0 Å². The molecule has 0 radical (unpaired) electrons. The summed E-state index contributed by atoms with van der Waals surface area (Å²) in [5.74, 6) is 0. The molecule has 1 atom stereocenters. The fraction of sp³-hybridized carbons (Fsp3) is 1.00. The summed E-state index contributed by atoms with van der Waals surface area (Å²) in [6, 6.07) is 0. The van der Waals surface area contributed by atoms with Gasteiger partial charge in [0.25, 0.3) is 0 Å². The van der Waals surface area contributed by atoms with Gasteiger partial charge in [0.2, 0.25) is 0 Å². The van der Waals surface area contributed by atoms with Gasteiger partial charge in [-0.25, -0.2) is 0 Å². The van der Waals surface area contributed by atoms with Gasteiger partial charge in [0.1, 0.15) is 0 Å². The van der Waals surface area contributed by atoms with Crippen molar-refractivity contribution < 1.29 is 33.3 Å². The third-order valence-electron chi connectivity index (χ3n) is 4.56. The molecule has 0 aromatic carbocycles. The van der Waals surface area contributed by atoms with E-state index in [0.717, 1.165) is 0 Å². The van der Waals surface area contributed by atoms with Crippen LogP contribution in [0.2, 0.25) is 0 Å². The molecule has 0 aliphatic carbocycles. The molecule has 1 aliphatic heterocycles. The average molecular weight is 316 g/mol. The highest BCUT2D eigenvalue weighted by atomic mass is 31.2. The van der Waals surface area contributed by atoms with Gasteiger partial charge in [0.05, 0.1) is 0 Å². The van der Waals surface area contributed by atoms with E-state index in [1.165, 1.54) is 0 Å². The van der Waals surface area contributed by atoms with Crippen molar-refractivity contribution in [3.63, 3.8) is 0 Å². The first kappa shape index (κ1) is 17.3. The van der Waals surface area contributed by atoms with E-state index >= 15 is 0 Å². The molecule has 9 heteroatoms. The van der Waals surface area contributed by atoms with Gasteiger partial charge >= 0.3 is 15.2 Å². The second kappa shape index (κ2) is 5.57. The largest absolute Gasteiger partial charge is 0.408 e. The molecule has 0 aromatic heterocycles. The maximum Gasteiger partial charge on any atom is 0.408 e. The molecule has 7 nitrogen and oxygen atoms in total. The highest BCUT2D eigenvalue weighted by Crippen LogP contribution is 2.85. The molecule has 0 spiro atoms. The van der Waals surface area contributed by atoms with Crippen molar-refractivity contribution in [1.29, 1.82) is 0 Å². The standard InChI is InChI=1S/C10H22O7P2/c1-5-9(6-2,7-3)10(8-4,18(11,12)13)19(14)16-15-17-19/h5-8H2,1-4H3,(H2,11,12,13).